The fraction of sp³-hybridized carbons (Fsp3) is 0.417. The van der Waals surface area contributed by atoms with E-state index in [-0.39, 0.29) is 17.7 Å². The smallest absolute Gasteiger partial charge is 0.387 e. The molecular formula is C12H14F2N2O2. The number of alkyl halides is 2. The largest absolute Gasteiger partial charge is 0.435 e. The summed E-state index contributed by atoms with van der Waals surface area (Å²) in [4.78, 5) is 11.8. The zero-order chi connectivity index (χ0) is 13.0. The molecule has 0 radical (unpaired) electrons. The van der Waals surface area contributed by atoms with Crippen molar-refractivity contribution in [3.8, 4) is 5.75 Å². The van der Waals surface area contributed by atoms with Crippen molar-refractivity contribution in [2.24, 2.45) is 0 Å². The van der Waals surface area contributed by atoms with E-state index in [0.717, 1.165) is 19.5 Å². The molecule has 0 aliphatic carbocycles. The number of ether oxygens (including phenoxy) is 1. The second-order valence-electron chi connectivity index (χ2n) is 4.07. The molecule has 1 amide bonds. The van der Waals surface area contributed by atoms with Gasteiger partial charge in [-0.1, -0.05) is 0 Å². The van der Waals surface area contributed by atoms with Crippen LogP contribution in [0.4, 0.5) is 8.78 Å². The first-order chi connectivity index (χ1) is 8.65. The quantitative estimate of drug-likeness (QED) is 0.855. The van der Waals surface area contributed by atoms with Gasteiger partial charge in [0.2, 0.25) is 0 Å². The van der Waals surface area contributed by atoms with Gasteiger partial charge in [-0.05, 0) is 37.2 Å². The third-order valence-electron chi connectivity index (χ3n) is 2.74. The van der Waals surface area contributed by atoms with E-state index in [1.54, 1.807) is 0 Å². The van der Waals surface area contributed by atoms with E-state index in [4.69, 9.17) is 0 Å². The number of rotatable bonds is 4. The van der Waals surface area contributed by atoms with Crippen LogP contribution in [-0.4, -0.2) is 31.7 Å². The Kier molecular flexibility index (Phi) is 4.09. The van der Waals surface area contributed by atoms with Crippen LogP contribution in [0.5, 0.6) is 5.75 Å². The Labute approximate surface area is 103 Å². The third-order valence-corrected chi connectivity index (χ3v) is 2.74. The maximum Gasteiger partial charge on any atom is 0.387 e. The van der Waals surface area contributed by atoms with Gasteiger partial charge in [-0.25, -0.2) is 0 Å². The minimum atomic E-state index is -2.85. The highest BCUT2D eigenvalue weighted by Crippen LogP contribution is 2.15. The lowest BCUT2D eigenvalue weighted by Crippen LogP contribution is -2.36. The molecular weight excluding hydrogens is 242 g/mol. The predicted octanol–water partition coefficient (Wildman–Crippen LogP) is 1.38. The molecule has 1 heterocycles. The molecule has 1 fully saturated rings. The van der Waals surface area contributed by atoms with E-state index in [1.807, 2.05) is 0 Å². The van der Waals surface area contributed by atoms with Crippen molar-refractivity contribution in [3.63, 3.8) is 0 Å². The Morgan fingerprint density at radius 2 is 2.11 bits per heavy atom. The third kappa shape index (κ3) is 3.40. The fourth-order valence-corrected chi connectivity index (χ4v) is 1.83. The molecule has 1 aliphatic rings. The number of benzene rings is 1. The van der Waals surface area contributed by atoms with Gasteiger partial charge in [-0.2, -0.15) is 8.78 Å². The molecule has 0 bridgehead atoms. The zero-order valence-corrected chi connectivity index (χ0v) is 9.66. The maximum atomic E-state index is 11.9. The van der Waals surface area contributed by atoms with Gasteiger partial charge in [0.05, 0.1) is 0 Å². The van der Waals surface area contributed by atoms with Crippen LogP contribution in [0.1, 0.15) is 16.8 Å². The SMILES string of the molecule is O=C(N[C@H]1CCNC1)c1ccc(OC(F)F)cc1. The van der Waals surface area contributed by atoms with Crippen LogP contribution < -0.4 is 15.4 Å². The highest BCUT2D eigenvalue weighted by molar-refractivity contribution is 5.94. The average molecular weight is 256 g/mol. The number of hydrogen-bond donors (Lipinski definition) is 2. The van der Waals surface area contributed by atoms with Gasteiger partial charge in [0.15, 0.2) is 0 Å². The Bertz CT molecular complexity index is 403. The summed E-state index contributed by atoms with van der Waals surface area (Å²) >= 11 is 0. The van der Waals surface area contributed by atoms with Crippen LogP contribution in [0.25, 0.3) is 0 Å². The lowest BCUT2D eigenvalue weighted by Gasteiger charge is -2.11. The summed E-state index contributed by atoms with van der Waals surface area (Å²) in [5, 5.41) is 6.01. The monoisotopic (exact) mass is 256 g/mol. The van der Waals surface area contributed by atoms with Crippen LogP contribution in [0.15, 0.2) is 24.3 Å². The minimum absolute atomic E-state index is 0.0454. The van der Waals surface area contributed by atoms with Gasteiger partial charge in [-0.15, -0.1) is 0 Å². The molecule has 0 spiro atoms. The standard InChI is InChI=1S/C12H14F2N2O2/c13-12(14)18-10-3-1-8(2-4-10)11(17)16-9-5-6-15-7-9/h1-4,9,12,15H,5-7H2,(H,16,17)/t9-/m0/s1. The fourth-order valence-electron chi connectivity index (χ4n) is 1.83. The van der Waals surface area contributed by atoms with E-state index in [9.17, 15) is 13.6 Å². The lowest BCUT2D eigenvalue weighted by molar-refractivity contribution is -0.0498. The summed E-state index contributed by atoms with van der Waals surface area (Å²) in [7, 11) is 0. The van der Waals surface area contributed by atoms with Crippen molar-refractivity contribution < 1.29 is 18.3 Å². The number of amides is 1. The number of carbonyl (C=O) groups is 1. The summed E-state index contributed by atoms with van der Waals surface area (Å²) < 4.78 is 28.1. The van der Waals surface area contributed by atoms with Gasteiger partial charge < -0.3 is 15.4 Å². The number of hydrogen-bond acceptors (Lipinski definition) is 3. The molecule has 98 valence electrons. The molecule has 2 N–H and O–H groups in total. The van der Waals surface area contributed by atoms with Gasteiger partial charge in [0, 0.05) is 18.2 Å². The van der Waals surface area contributed by atoms with Gasteiger partial charge >= 0.3 is 6.61 Å². The molecule has 4 nitrogen and oxygen atoms in total. The summed E-state index contributed by atoms with van der Waals surface area (Å²) in [6.45, 7) is -1.20. The number of carbonyl (C=O) groups excluding carboxylic acids is 1. The van der Waals surface area contributed by atoms with Crippen molar-refractivity contribution in [1.82, 2.24) is 10.6 Å². The molecule has 18 heavy (non-hydrogen) atoms. The average Bonchev–Trinajstić information content (AvgIpc) is 2.82. The lowest BCUT2D eigenvalue weighted by atomic mass is 10.2. The summed E-state index contributed by atoms with van der Waals surface area (Å²) in [5.41, 5.74) is 0.434. The van der Waals surface area contributed by atoms with E-state index in [0.29, 0.717) is 5.56 Å². The van der Waals surface area contributed by atoms with Crippen LogP contribution in [0.2, 0.25) is 0 Å². The van der Waals surface area contributed by atoms with Gasteiger partial charge in [0.25, 0.3) is 5.91 Å². The first-order valence-electron chi connectivity index (χ1n) is 5.71. The van der Waals surface area contributed by atoms with E-state index in [1.165, 1.54) is 24.3 Å². The van der Waals surface area contributed by atoms with Crippen molar-refractivity contribution in [3.05, 3.63) is 29.8 Å². The van der Waals surface area contributed by atoms with Gasteiger partial charge in [-0.3, -0.25) is 4.79 Å². The molecule has 1 atom stereocenters. The van der Waals surface area contributed by atoms with Crippen LogP contribution in [0, 0.1) is 0 Å². The van der Waals surface area contributed by atoms with E-state index < -0.39 is 6.61 Å². The molecule has 0 aromatic heterocycles. The predicted molar refractivity (Wildman–Crippen MR) is 61.8 cm³/mol. The summed E-state index contributed by atoms with van der Waals surface area (Å²) in [6, 6.07) is 5.78. The topological polar surface area (TPSA) is 50.4 Å². The van der Waals surface area contributed by atoms with Crippen molar-refractivity contribution in [2.45, 2.75) is 19.1 Å². The molecule has 1 aromatic carbocycles. The Morgan fingerprint density at radius 3 is 2.67 bits per heavy atom. The molecule has 0 saturated carbocycles. The second-order valence-corrected chi connectivity index (χ2v) is 4.07. The van der Waals surface area contributed by atoms with Crippen LogP contribution in [0.3, 0.4) is 0 Å². The van der Waals surface area contributed by atoms with E-state index in [2.05, 4.69) is 15.4 Å². The normalized spacial score (nSPS) is 18.9. The van der Waals surface area contributed by atoms with Crippen molar-refractivity contribution in [1.29, 1.82) is 0 Å². The molecule has 0 unspecified atom stereocenters. The van der Waals surface area contributed by atoms with E-state index >= 15 is 0 Å². The van der Waals surface area contributed by atoms with Crippen LogP contribution in [-0.2, 0) is 0 Å². The highest BCUT2D eigenvalue weighted by Gasteiger charge is 2.17. The molecule has 1 aliphatic heterocycles. The summed E-state index contributed by atoms with van der Waals surface area (Å²) in [6.07, 6.45) is 0.901. The highest BCUT2D eigenvalue weighted by atomic mass is 19.3. The maximum absolute atomic E-state index is 11.9. The Balaban J connectivity index is 1.93. The first kappa shape index (κ1) is 12.8. The van der Waals surface area contributed by atoms with Crippen molar-refractivity contribution >= 4 is 5.91 Å². The Morgan fingerprint density at radius 1 is 1.39 bits per heavy atom. The molecule has 1 aromatic rings. The van der Waals surface area contributed by atoms with Crippen molar-refractivity contribution in [2.75, 3.05) is 13.1 Å². The Hall–Kier alpha value is -1.69. The molecule has 6 heteroatoms. The minimum Gasteiger partial charge on any atom is -0.435 e. The first-order valence-corrected chi connectivity index (χ1v) is 5.71. The van der Waals surface area contributed by atoms with Gasteiger partial charge in [0.1, 0.15) is 5.75 Å². The zero-order valence-electron chi connectivity index (χ0n) is 9.66. The van der Waals surface area contributed by atoms with Crippen LogP contribution >= 0.6 is 0 Å². The number of nitrogens with one attached hydrogen (secondary N) is 2. The molecule has 2 rings (SSSR count). The second kappa shape index (κ2) is 5.77. The summed E-state index contributed by atoms with van der Waals surface area (Å²) in [5.74, 6) is -0.156. The number of halogens is 2. The molecule has 1 saturated heterocycles.